The molecule has 0 aliphatic heterocycles. The van der Waals surface area contributed by atoms with Gasteiger partial charge in [-0.3, -0.25) is 0 Å². The molecule has 0 amide bonds. The van der Waals surface area contributed by atoms with Crippen molar-refractivity contribution < 1.29 is 28.6 Å². The van der Waals surface area contributed by atoms with Gasteiger partial charge in [-0.25, -0.2) is 14.0 Å². The Labute approximate surface area is 127 Å². The van der Waals surface area contributed by atoms with Crippen molar-refractivity contribution in [1.29, 1.82) is 0 Å². The molecule has 118 valence electrons. The van der Waals surface area contributed by atoms with Crippen molar-refractivity contribution in [2.45, 2.75) is 13.0 Å². The van der Waals surface area contributed by atoms with Crippen LogP contribution in [0.15, 0.2) is 42.5 Å². The van der Waals surface area contributed by atoms with Crippen LogP contribution in [0.1, 0.15) is 12.5 Å². The van der Waals surface area contributed by atoms with Gasteiger partial charge in [0.05, 0.1) is 0 Å². The number of aliphatic hydroxyl groups excluding tert-OH is 1. The minimum absolute atomic E-state index is 0.214. The number of halogens is 1. The number of carbonyl (C=O) groups excluding carboxylic acids is 2. The summed E-state index contributed by atoms with van der Waals surface area (Å²) >= 11 is 0. The molecule has 0 aromatic heterocycles. The Bertz CT molecular complexity index is 562. The van der Waals surface area contributed by atoms with E-state index in [1.165, 1.54) is 37.3 Å². The first kappa shape index (κ1) is 17.6. The second kappa shape index (κ2) is 8.74. The minimum atomic E-state index is -1.12. The molecule has 22 heavy (non-hydrogen) atoms. The Hall–Kier alpha value is -2.47. The molecule has 0 spiro atoms. The van der Waals surface area contributed by atoms with Crippen LogP contribution in [0.2, 0.25) is 0 Å². The number of aliphatic hydroxyl groups is 1. The first-order chi connectivity index (χ1) is 10.4. The van der Waals surface area contributed by atoms with Gasteiger partial charge in [-0.1, -0.05) is 18.7 Å². The van der Waals surface area contributed by atoms with Crippen LogP contribution in [0.5, 0.6) is 0 Å². The summed E-state index contributed by atoms with van der Waals surface area (Å²) in [5.74, 6) is -1.66. The average Bonchev–Trinajstić information content (AvgIpc) is 2.49. The van der Waals surface area contributed by atoms with Crippen molar-refractivity contribution in [3.63, 3.8) is 0 Å². The molecule has 0 radical (unpaired) electrons. The van der Waals surface area contributed by atoms with Crippen molar-refractivity contribution in [3.8, 4) is 0 Å². The van der Waals surface area contributed by atoms with E-state index in [1.54, 1.807) is 0 Å². The van der Waals surface area contributed by atoms with Crippen molar-refractivity contribution in [2.75, 3.05) is 13.2 Å². The van der Waals surface area contributed by atoms with Gasteiger partial charge >= 0.3 is 11.9 Å². The van der Waals surface area contributed by atoms with Crippen molar-refractivity contribution >= 4 is 18.0 Å². The minimum Gasteiger partial charge on any atom is -0.460 e. The van der Waals surface area contributed by atoms with Gasteiger partial charge in [-0.05, 0) is 30.7 Å². The van der Waals surface area contributed by atoms with E-state index in [0.29, 0.717) is 5.56 Å². The third-order valence-corrected chi connectivity index (χ3v) is 2.46. The lowest BCUT2D eigenvalue weighted by Gasteiger charge is -2.11. The highest BCUT2D eigenvalue weighted by Gasteiger charge is 2.11. The Balaban J connectivity index is 2.31. The Morgan fingerprint density at radius 1 is 1.27 bits per heavy atom. The fraction of sp³-hybridized carbons (Fsp3) is 0.250. The zero-order valence-electron chi connectivity index (χ0n) is 12.1. The summed E-state index contributed by atoms with van der Waals surface area (Å²) in [6, 6.07) is 5.55. The van der Waals surface area contributed by atoms with E-state index < -0.39 is 18.0 Å². The third kappa shape index (κ3) is 6.81. The molecule has 0 fully saturated rings. The fourth-order valence-electron chi connectivity index (χ4n) is 1.31. The van der Waals surface area contributed by atoms with Crippen LogP contribution < -0.4 is 0 Å². The van der Waals surface area contributed by atoms with Crippen LogP contribution in [0.4, 0.5) is 4.39 Å². The summed E-state index contributed by atoms with van der Waals surface area (Å²) in [5.41, 5.74) is 0.848. The summed E-state index contributed by atoms with van der Waals surface area (Å²) in [6.07, 6.45) is 1.49. The molecule has 1 aromatic rings. The van der Waals surface area contributed by atoms with Gasteiger partial charge in [-0.15, -0.1) is 0 Å². The topological polar surface area (TPSA) is 72.8 Å². The number of rotatable bonds is 7. The largest absolute Gasteiger partial charge is 0.460 e. The van der Waals surface area contributed by atoms with Gasteiger partial charge in [0.25, 0.3) is 0 Å². The molecule has 1 atom stereocenters. The number of esters is 2. The summed E-state index contributed by atoms with van der Waals surface area (Å²) in [5, 5.41) is 9.49. The van der Waals surface area contributed by atoms with Crippen LogP contribution in [0.3, 0.4) is 0 Å². The van der Waals surface area contributed by atoms with Gasteiger partial charge in [0.2, 0.25) is 0 Å². The van der Waals surface area contributed by atoms with Gasteiger partial charge in [0, 0.05) is 11.6 Å². The summed E-state index contributed by atoms with van der Waals surface area (Å²) in [7, 11) is 0. The van der Waals surface area contributed by atoms with Crippen LogP contribution in [-0.2, 0) is 19.1 Å². The van der Waals surface area contributed by atoms with E-state index in [1.807, 2.05) is 0 Å². The molecule has 1 unspecified atom stereocenters. The highest BCUT2D eigenvalue weighted by atomic mass is 19.1. The maximum absolute atomic E-state index is 12.7. The van der Waals surface area contributed by atoms with E-state index in [2.05, 4.69) is 6.58 Å². The van der Waals surface area contributed by atoms with Crippen LogP contribution in [-0.4, -0.2) is 36.4 Å². The number of hydrogen-bond donors (Lipinski definition) is 1. The van der Waals surface area contributed by atoms with Gasteiger partial charge < -0.3 is 14.6 Å². The van der Waals surface area contributed by atoms with E-state index in [0.717, 1.165) is 6.08 Å². The van der Waals surface area contributed by atoms with E-state index in [9.17, 15) is 19.1 Å². The molecule has 6 heteroatoms. The third-order valence-electron chi connectivity index (χ3n) is 2.46. The van der Waals surface area contributed by atoms with Crippen LogP contribution in [0, 0.1) is 5.82 Å². The maximum Gasteiger partial charge on any atom is 0.333 e. The molecule has 1 N–H and O–H groups in total. The van der Waals surface area contributed by atoms with Gasteiger partial charge in [0.15, 0.2) is 0 Å². The van der Waals surface area contributed by atoms with Crippen LogP contribution in [0.25, 0.3) is 6.08 Å². The van der Waals surface area contributed by atoms with E-state index in [-0.39, 0.29) is 24.6 Å². The number of benzene rings is 1. The number of hydrogen-bond acceptors (Lipinski definition) is 5. The quantitative estimate of drug-likeness (QED) is 0.615. The molecule has 0 bridgehead atoms. The second-order valence-electron chi connectivity index (χ2n) is 4.55. The van der Waals surface area contributed by atoms with Crippen molar-refractivity contribution in [2.24, 2.45) is 0 Å². The average molecular weight is 308 g/mol. The molecular weight excluding hydrogens is 291 g/mol. The van der Waals surface area contributed by atoms with Gasteiger partial charge in [0.1, 0.15) is 25.1 Å². The molecule has 0 heterocycles. The fourth-order valence-corrected chi connectivity index (χ4v) is 1.31. The predicted molar refractivity (Wildman–Crippen MR) is 78.2 cm³/mol. The predicted octanol–water partition coefficient (Wildman–Crippen LogP) is 1.86. The zero-order chi connectivity index (χ0) is 16.5. The van der Waals surface area contributed by atoms with Crippen molar-refractivity contribution in [3.05, 3.63) is 53.9 Å². The highest BCUT2D eigenvalue weighted by Crippen LogP contribution is 2.04. The standard InChI is InChI=1S/C16H17FO5/c1-11(2)16(20)22-10-14(18)9-21-15(19)8-5-12-3-6-13(17)7-4-12/h3-8,14,18H,1,9-10H2,2H3/b8-5+. The molecule has 0 saturated heterocycles. The lowest BCUT2D eigenvalue weighted by molar-refractivity contribution is -0.146. The lowest BCUT2D eigenvalue weighted by Crippen LogP contribution is -2.25. The normalized spacial score (nSPS) is 12.0. The molecule has 0 saturated carbocycles. The molecule has 0 aliphatic carbocycles. The first-order valence-corrected chi connectivity index (χ1v) is 6.49. The smallest absolute Gasteiger partial charge is 0.333 e. The second-order valence-corrected chi connectivity index (χ2v) is 4.55. The number of ether oxygens (including phenoxy) is 2. The zero-order valence-corrected chi connectivity index (χ0v) is 12.1. The molecule has 1 aromatic carbocycles. The van der Waals surface area contributed by atoms with E-state index >= 15 is 0 Å². The highest BCUT2D eigenvalue weighted by molar-refractivity contribution is 5.87. The molecular formula is C16H17FO5. The SMILES string of the molecule is C=C(C)C(=O)OCC(O)COC(=O)/C=C/c1ccc(F)cc1. The monoisotopic (exact) mass is 308 g/mol. The Morgan fingerprint density at radius 3 is 2.45 bits per heavy atom. The lowest BCUT2D eigenvalue weighted by atomic mass is 10.2. The molecule has 5 nitrogen and oxygen atoms in total. The maximum atomic E-state index is 12.7. The van der Waals surface area contributed by atoms with E-state index in [4.69, 9.17) is 9.47 Å². The number of carbonyl (C=O) groups is 2. The van der Waals surface area contributed by atoms with Gasteiger partial charge in [-0.2, -0.15) is 0 Å². The first-order valence-electron chi connectivity index (χ1n) is 6.49. The Morgan fingerprint density at radius 2 is 1.86 bits per heavy atom. The summed E-state index contributed by atoms with van der Waals surface area (Å²) in [4.78, 5) is 22.5. The Kier molecular flexibility index (Phi) is 6.98. The molecule has 1 rings (SSSR count). The summed E-state index contributed by atoms with van der Waals surface area (Å²) in [6.45, 7) is 4.27. The van der Waals surface area contributed by atoms with Crippen LogP contribution >= 0.6 is 0 Å². The van der Waals surface area contributed by atoms with Crippen molar-refractivity contribution in [1.82, 2.24) is 0 Å². The molecule has 0 aliphatic rings. The summed E-state index contributed by atoms with van der Waals surface area (Å²) < 4.78 is 22.2.